The van der Waals surface area contributed by atoms with Crippen molar-refractivity contribution >= 4 is 17.3 Å². The minimum absolute atomic E-state index is 0.541. The second-order valence-corrected chi connectivity index (χ2v) is 6.06. The first-order chi connectivity index (χ1) is 11.2. The molecule has 0 bridgehead atoms. The number of para-hydroxylation sites is 1. The van der Waals surface area contributed by atoms with E-state index in [4.69, 9.17) is 0 Å². The first-order valence-corrected chi connectivity index (χ1v) is 7.98. The molecule has 4 rings (SSSR count). The van der Waals surface area contributed by atoms with Crippen molar-refractivity contribution < 1.29 is 0 Å². The van der Waals surface area contributed by atoms with Gasteiger partial charge in [0.15, 0.2) is 0 Å². The van der Waals surface area contributed by atoms with Crippen molar-refractivity contribution in [2.75, 3.05) is 23.3 Å². The van der Waals surface area contributed by atoms with Crippen LogP contribution in [0.1, 0.15) is 18.2 Å². The molecule has 1 N–H and O–H groups in total. The first-order valence-electron chi connectivity index (χ1n) is 7.98. The highest BCUT2D eigenvalue weighted by Crippen LogP contribution is 2.31. The van der Waals surface area contributed by atoms with E-state index in [1.165, 1.54) is 17.6 Å². The average molecular weight is 308 g/mol. The number of aryl methyl sites for hydroxylation is 1. The van der Waals surface area contributed by atoms with Gasteiger partial charge in [-0.25, -0.2) is 4.98 Å². The molecular weight excluding hydrogens is 288 g/mol. The van der Waals surface area contributed by atoms with Crippen molar-refractivity contribution in [1.29, 1.82) is 0 Å². The predicted molar refractivity (Wildman–Crippen MR) is 91.0 cm³/mol. The van der Waals surface area contributed by atoms with Crippen LogP contribution in [0.2, 0.25) is 0 Å². The van der Waals surface area contributed by atoms with Crippen LogP contribution in [0.5, 0.6) is 0 Å². The Bertz CT molecular complexity index is 840. The number of hydrogen-bond acceptors (Lipinski definition) is 5. The maximum Gasteiger partial charge on any atom is 0.254 e. The molecule has 0 saturated carbocycles. The van der Waals surface area contributed by atoms with Gasteiger partial charge >= 0.3 is 0 Å². The zero-order valence-electron chi connectivity index (χ0n) is 13.4. The summed E-state index contributed by atoms with van der Waals surface area (Å²) >= 11 is 0. The van der Waals surface area contributed by atoms with Gasteiger partial charge in [-0.2, -0.15) is 14.6 Å². The fraction of sp³-hybridized carbons (Fsp3) is 0.353. The molecule has 0 aliphatic carbocycles. The molecule has 0 radical (unpaired) electrons. The molecule has 6 heteroatoms. The Morgan fingerprint density at radius 2 is 2.17 bits per heavy atom. The van der Waals surface area contributed by atoms with Crippen LogP contribution in [-0.4, -0.2) is 38.7 Å². The normalized spacial score (nSPS) is 16.8. The van der Waals surface area contributed by atoms with E-state index in [0.717, 1.165) is 31.0 Å². The fourth-order valence-electron chi connectivity index (χ4n) is 3.33. The maximum atomic E-state index is 4.36. The van der Waals surface area contributed by atoms with Gasteiger partial charge in [0, 0.05) is 36.6 Å². The van der Waals surface area contributed by atoms with Crippen LogP contribution in [0.4, 0.5) is 11.5 Å². The van der Waals surface area contributed by atoms with Crippen molar-refractivity contribution in [2.24, 2.45) is 0 Å². The third kappa shape index (κ3) is 2.50. The Hall–Kier alpha value is -2.63. The maximum absolute atomic E-state index is 4.36. The average Bonchev–Trinajstić information content (AvgIpc) is 3.11. The Balaban J connectivity index is 1.49. The van der Waals surface area contributed by atoms with E-state index in [-0.39, 0.29) is 0 Å². The van der Waals surface area contributed by atoms with E-state index in [1.54, 1.807) is 4.52 Å². The molecule has 0 spiro atoms. The molecule has 2 aromatic heterocycles. The molecule has 6 nitrogen and oxygen atoms in total. The van der Waals surface area contributed by atoms with Gasteiger partial charge in [-0.05, 0) is 31.9 Å². The van der Waals surface area contributed by atoms with E-state index >= 15 is 0 Å². The number of nitrogens with zero attached hydrogens (tertiary/aromatic N) is 5. The van der Waals surface area contributed by atoms with Crippen LogP contribution >= 0.6 is 0 Å². The minimum atomic E-state index is 0.541. The molecule has 23 heavy (non-hydrogen) atoms. The summed E-state index contributed by atoms with van der Waals surface area (Å²) in [6.07, 6.45) is 2.66. The number of benzene rings is 1. The van der Waals surface area contributed by atoms with Gasteiger partial charge in [0.2, 0.25) is 0 Å². The van der Waals surface area contributed by atoms with E-state index < -0.39 is 0 Å². The van der Waals surface area contributed by atoms with Gasteiger partial charge < -0.3 is 10.2 Å². The van der Waals surface area contributed by atoms with Crippen molar-refractivity contribution in [2.45, 2.75) is 26.3 Å². The lowest BCUT2D eigenvalue weighted by Gasteiger charge is -2.25. The van der Waals surface area contributed by atoms with Gasteiger partial charge in [-0.15, -0.1) is 0 Å². The third-order valence-electron chi connectivity index (χ3n) is 4.39. The zero-order chi connectivity index (χ0) is 15.8. The summed E-state index contributed by atoms with van der Waals surface area (Å²) in [4.78, 5) is 11.0. The lowest BCUT2D eigenvalue weighted by atomic mass is 10.1. The van der Waals surface area contributed by atoms with Gasteiger partial charge in [-0.3, -0.25) is 0 Å². The summed E-state index contributed by atoms with van der Waals surface area (Å²) in [7, 11) is 0. The number of fused-ring (bicyclic) bond motifs is 2. The standard InChI is InChI=1S/C17H20N6/c1-12-9-16(23-17(21-12)19-11-20-23)18-7-8-22-13(2)10-14-5-3-4-6-15(14)22/h3-6,9,11,13,18H,7-8,10H2,1-2H3. The Kier molecular flexibility index (Phi) is 3.37. The molecule has 0 fully saturated rings. The van der Waals surface area contributed by atoms with Crippen molar-refractivity contribution in [3.05, 3.63) is 47.9 Å². The molecule has 1 aromatic carbocycles. The molecule has 1 aliphatic rings. The summed E-state index contributed by atoms with van der Waals surface area (Å²) in [6, 6.07) is 11.2. The molecule has 1 unspecified atom stereocenters. The Morgan fingerprint density at radius 1 is 1.30 bits per heavy atom. The number of aromatic nitrogens is 4. The number of nitrogens with one attached hydrogen (secondary N) is 1. The van der Waals surface area contributed by atoms with E-state index in [9.17, 15) is 0 Å². The van der Waals surface area contributed by atoms with Crippen LogP contribution in [0.3, 0.4) is 0 Å². The van der Waals surface area contributed by atoms with Crippen LogP contribution in [0, 0.1) is 6.92 Å². The van der Waals surface area contributed by atoms with Gasteiger partial charge in [0.1, 0.15) is 12.1 Å². The van der Waals surface area contributed by atoms with Crippen LogP contribution in [0.25, 0.3) is 5.78 Å². The smallest absolute Gasteiger partial charge is 0.254 e. The van der Waals surface area contributed by atoms with Crippen LogP contribution in [-0.2, 0) is 6.42 Å². The molecule has 118 valence electrons. The summed E-state index contributed by atoms with van der Waals surface area (Å²) < 4.78 is 1.74. The SMILES string of the molecule is Cc1cc(NCCN2c3ccccc3CC2C)n2ncnc2n1. The molecule has 3 heterocycles. The van der Waals surface area contributed by atoms with Crippen molar-refractivity contribution in [3.8, 4) is 0 Å². The highest BCUT2D eigenvalue weighted by atomic mass is 15.4. The fourth-order valence-corrected chi connectivity index (χ4v) is 3.33. The predicted octanol–water partition coefficient (Wildman–Crippen LogP) is 2.30. The molecule has 1 atom stereocenters. The third-order valence-corrected chi connectivity index (χ3v) is 4.39. The second-order valence-electron chi connectivity index (χ2n) is 6.06. The second kappa shape index (κ2) is 5.53. The summed E-state index contributed by atoms with van der Waals surface area (Å²) in [5.74, 6) is 1.57. The van der Waals surface area contributed by atoms with Crippen molar-refractivity contribution in [3.63, 3.8) is 0 Å². The van der Waals surface area contributed by atoms with E-state index in [2.05, 4.69) is 56.5 Å². The highest BCUT2D eigenvalue weighted by Gasteiger charge is 2.24. The Labute approximate surface area is 135 Å². The van der Waals surface area contributed by atoms with Gasteiger partial charge in [-0.1, -0.05) is 18.2 Å². The molecule has 0 saturated heterocycles. The Morgan fingerprint density at radius 3 is 3.09 bits per heavy atom. The van der Waals surface area contributed by atoms with E-state index in [0.29, 0.717) is 11.8 Å². The van der Waals surface area contributed by atoms with Crippen LogP contribution < -0.4 is 10.2 Å². The summed E-state index contributed by atoms with van der Waals surface area (Å²) in [5.41, 5.74) is 3.74. The molecule has 0 amide bonds. The lowest BCUT2D eigenvalue weighted by Crippen LogP contribution is -2.34. The number of anilines is 2. The summed E-state index contributed by atoms with van der Waals surface area (Å²) in [5, 5.41) is 7.70. The monoisotopic (exact) mass is 308 g/mol. The summed E-state index contributed by atoms with van der Waals surface area (Å²) in [6.45, 7) is 6.05. The largest absolute Gasteiger partial charge is 0.368 e. The number of rotatable bonds is 4. The molecular formula is C17H20N6. The minimum Gasteiger partial charge on any atom is -0.368 e. The van der Waals surface area contributed by atoms with Gasteiger partial charge in [0.25, 0.3) is 5.78 Å². The first kappa shape index (κ1) is 14.0. The lowest BCUT2D eigenvalue weighted by molar-refractivity contribution is 0.679. The highest BCUT2D eigenvalue weighted by molar-refractivity contribution is 5.59. The van der Waals surface area contributed by atoms with E-state index in [1.807, 2.05) is 13.0 Å². The van der Waals surface area contributed by atoms with Crippen LogP contribution in [0.15, 0.2) is 36.7 Å². The molecule has 3 aromatic rings. The number of hydrogen-bond donors (Lipinski definition) is 1. The van der Waals surface area contributed by atoms with Gasteiger partial charge in [0.05, 0.1) is 0 Å². The zero-order valence-corrected chi connectivity index (χ0v) is 13.4. The topological polar surface area (TPSA) is 58.4 Å². The quantitative estimate of drug-likeness (QED) is 0.801. The van der Waals surface area contributed by atoms with Crippen molar-refractivity contribution in [1.82, 2.24) is 19.6 Å². The molecule has 1 aliphatic heterocycles.